The van der Waals surface area contributed by atoms with Crippen molar-refractivity contribution in [1.29, 1.82) is 0 Å². The summed E-state index contributed by atoms with van der Waals surface area (Å²) in [6.45, 7) is 2.20. The van der Waals surface area contributed by atoms with Crippen LogP contribution in [0.1, 0.15) is 71.1 Å². The van der Waals surface area contributed by atoms with Crippen molar-refractivity contribution < 1.29 is 19.1 Å². The maximum Gasteiger partial charge on any atom is 0.305 e. The third-order valence-corrected chi connectivity index (χ3v) is 4.66. The van der Waals surface area contributed by atoms with Crippen molar-refractivity contribution in [3.8, 4) is 0 Å². The van der Waals surface area contributed by atoms with E-state index in [1.54, 1.807) is 6.08 Å². The SMILES string of the molecule is CCCCCCC=C[C@H]1C=CC(=O)[C@@H]1CC(=O)CCCCC(=O)OC. The largest absolute Gasteiger partial charge is 0.469 e. The molecule has 0 saturated heterocycles. The lowest BCUT2D eigenvalue weighted by Gasteiger charge is -2.14. The normalized spacial score (nSPS) is 19.7. The number of hydrogen-bond donors (Lipinski definition) is 0. The number of ether oxygens (including phenoxy) is 1. The standard InChI is InChI=1S/C21H32O4/c1-3-4-5-6-7-8-11-17-14-15-20(23)19(17)16-18(22)12-9-10-13-21(24)25-2/h8,11,14-15,17,19H,3-7,9-10,12-13,16H2,1-2H3/t17-,19+/m0/s1. The Bertz CT molecular complexity index is 490. The van der Waals surface area contributed by atoms with E-state index in [-0.39, 0.29) is 29.4 Å². The molecule has 0 fully saturated rings. The van der Waals surface area contributed by atoms with Crippen LogP contribution >= 0.6 is 0 Å². The Labute approximate surface area is 151 Å². The minimum Gasteiger partial charge on any atom is -0.469 e. The molecule has 2 atom stereocenters. The Balaban J connectivity index is 2.31. The van der Waals surface area contributed by atoms with E-state index in [1.807, 2.05) is 6.08 Å². The van der Waals surface area contributed by atoms with Gasteiger partial charge in [0, 0.05) is 31.1 Å². The van der Waals surface area contributed by atoms with E-state index in [2.05, 4.69) is 23.8 Å². The van der Waals surface area contributed by atoms with Gasteiger partial charge in [-0.2, -0.15) is 0 Å². The zero-order valence-electron chi connectivity index (χ0n) is 15.7. The van der Waals surface area contributed by atoms with Gasteiger partial charge in [-0.25, -0.2) is 0 Å². The Hall–Kier alpha value is -1.71. The molecule has 1 aliphatic carbocycles. The summed E-state index contributed by atoms with van der Waals surface area (Å²) in [5.74, 6) is -0.263. The predicted molar refractivity (Wildman–Crippen MR) is 99.1 cm³/mol. The monoisotopic (exact) mass is 348 g/mol. The minimum atomic E-state index is -0.244. The minimum absolute atomic E-state index is 0.0534. The average Bonchev–Trinajstić information content (AvgIpc) is 2.94. The number of hydrogen-bond acceptors (Lipinski definition) is 4. The Kier molecular flexibility index (Phi) is 10.8. The smallest absolute Gasteiger partial charge is 0.305 e. The molecule has 4 nitrogen and oxygen atoms in total. The second-order valence-electron chi connectivity index (χ2n) is 6.75. The second-order valence-corrected chi connectivity index (χ2v) is 6.75. The number of ketones is 2. The molecule has 25 heavy (non-hydrogen) atoms. The number of methoxy groups -OCH3 is 1. The lowest BCUT2D eigenvalue weighted by atomic mass is 9.88. The summed E-state index contributed by atoms with van der Waals surface area (Å²) >= 11 is 0. The molecular weight excluding hydrogens is 316 g/mol. The van der Waals surface area contributed by atoms with Crippen molar-refractivity contribution in [3.63, 3.8) is 0 Å². The summed E-state index contributed by atoms with van der Waals surface area (Å²) in [7, 11) is 1.36. The number of carbonyl (C=O) groups is 3. The van der Waals surface area contributed by atoms with Crippen LogP contribution in [-0.2, 0) is 19.1 Å². The maximum atomic E-state index is 12.1. The summed E-state index contributed by atoms with van der Waals surface area (Å²) in [6, 6.07) is 0. The van der Waals surface area contributed by atoms with E-state index in [1.165, 1.54) is 32.8 Å². The molecule has 0 saturated carbocycles. The first kappa shape index (κ1) is 21.3. The van der Waals surface area contributed by atoms with Crippen LogP contribution < -0.4 is 0 Å². The maximum absolute atomic E-state index is 12.1. The third kappa shape index (κ3) is 8.80. The summed E-state index contributed by atoms with van der Waals surface area (Å²) < 4.78 is 4.58. The summed E-state index contributed by atoms with van der Waals surface area (Å²) in [4.78, 5) is 35.2. The van der Waals surface area contributed by atoms with E-state index in [0.29, 0.717) is 32.1 Å². The first-order valence-corrected chi connectivity index (χ1v) is 9.55. The van der Waals surface area contributed by atoms with Crippen LogP contribution in [0.4, 0.5) is 0 Å². The van der Waals surface area contributed by atoms with Crippen LogP contribution in [0.5, 0.6) is 0 Å². The zero-order valence-corrected chi connectivity index (χ0v) is 15.7. The molecule has 0 radical (unpaired) electrons. The predicted octanol–water partition coefficient (Wildman–Crippen LogP) is 4.58. The molecule has 140 valence electrons. The topological polar surface area (TPSA) is 60.4 Å². The fraction of sp³-hybridized carbons (Fsp3) is 0.667. The highest BCUT2D eigenvalue weighted by Crippen LogP contribution is 2.28. The highest BCUT2D eigenvalue weighted by atomic mass is 16.5. The van der Waals surface area contributed by atoms with E-state index in [9.17, 15) is 14.4 Å². The summed E-state index contributed by atoms with van der Waals surface area (Å²) in [5, 5.41) is 0. The number of esters is 1. The van der Waals surface area contributed by atoms with Crippen LogP contribution in [0.15, 0.2) is 24.3 Å². The summed E-state index contributed by atoms with van der Waals surface area (Å²) in [5.41, 5.74) is 0. The van der Waals surface area contributed by atoms with Crippen molar-refractivity contribution in [2.75, 3.05) is 7.11 Å². The van der Waals surface area contributed by atoms with Gasteiger partial charge in [0.2, 0.25) is 0 Å². The number of rotatable bonds is 13. The molecule has 1 rings (SSSR count). The lowest BCUT2D eigenvalue weighted by Crippen LogP contribution is -2.19. The van der Waals surface area contributed by atoms with Crippen LogP contribution in [0.3, 0.4) is 0 Å². The molecule has 0 unspecified atom stereocenters. The van der Waals surface area contributed by atoms with Gasteiger partial charge >= 0.3 is 5.97 Å². The molecule has 0 N–H and O–H groups in total. The van der Waals surface area contributed by atoms with Crippen LogP contribution in [0.25, 0.3) is 0 Å². The Morgan fingerprint density at radius 3 is 2.60 bits per heavy atom. The molecule has 0 aromatic carbocycles. The van der Waals surface area contributed by atoms with E-state index < -0.39 is 0 Å². The Morgan fingerprint density at radius 1 is 1.12 bits per heavy atom. The molecule has 0 heterocycles. The molecular formula is C21H32O4. The molecule has 1 aliphatic rings. The van der Waals surface area contributed by atoms with Gasteiger partial charge in [-0.1, -0.05) is 44.4 Å². The van der Waals surface area contributed by atoms with E-state index in [0.717, 1.165) is 6.42 Å². The van der Waals surface area contributed by atoms with E-state index >= 15 is 0 Å². The number of Topliss-reactive ketones (excluding diaryl/α,β-unsaturated/α-hetero) is 1. The highest BCUT2D eigenvalue weighted by Gasteiger charge is 2.29. The van der Waals surface area contributed by atoms with Crippen molar-refractivity contribution in [2.24, 2.45) is 11.8 Å². The van der Waals surface area contributed by atoms with Crippen molar-refractivity contribution in [1.82, 2.24) is 0 Å². The van der Waals surface area contributed by atoms with Gasteiger partial charge in [0.15, 0.2) is 5.78 Å². The molecule has 4 heteroatoms. The van der Waals surface area contributed by atoms with Gasteiger partial charge in [0.05, 0.1) is 7.11 Å². The fourth-order valence-electron chi connectivity index (χ4n) is 3.07. The zero-order chi connectivity index (χ0) is 18.5. The molecule has 0 bridgehead atoms. The quantitative estimate of drug-likeness (QED) is 0.278. The Morgan fingerprint density at radius 2 is 1.88 bits per heavy atom. The van der Waals surface area contributed by atoms with Gasteiger partial charge in [-0.3, -0.25) is 14.4 Å². The van der Waals surface area contributed by atoms with Crippen LogP contribution in [-0.4, -0.2) is 24.6 Å². The molecule has 0 amide bonds. The van der Waals surface area contributed by atoms with E-state index in [4.69, 9.17) is 0 Å². The van der Waals surface area contributed by atoms with Crippen molar-refractivity contribution >= 4 is 17.5 Å². The second kappa shape index (κ2) is 12.6. The van der Waals surface area contributed by atoms with Crippen LogP contribution in [0.2, 0.25) is 0 Å². The van der Waals surface area contributed by atoms with Gasteiger partial charge in [-0.05, 0) is 31.8 Å². The van der Waals surface area contributed by atoms with Gasteiger partial charge in [-0.15, -0.1) is 0 Å². The highest BCUT2D eigenvalue weighted by molar-refractivity contribution is 5.97. The van der Waals surface area contributed by atoms with Crippen molar-refractivity contribution in [3.05, 3.63) is 24.3 Å². The molecule has 0 aromatic rings. The molecule has 0 spiro atoms. The van der Waals surface area contributed by atoms with Gasteiger partial charge in [0.25, 0.3) is 0 Å². The molecule has 0 aliphatic heterocycles. The average molecular weight is 348 g/mol. The number of allylic oxidation sites excluding steroid dienone is 4. The number of carbonyl (C=O) groups excluding carboxylic acids is 3. The first-order valence-electron chi connectivity index (χ1n) is 9.55. The van der Waals surface area contributed by atoms with Crippen molar-refractivity contribution in [2.45, 2.75) is 71.1 Å². The number of unbranched alkanes of at least 4 members (excludes halogenated alkanes) is 5. The van der Waals surface area contributed by atoms with Gasteiger partial charge in [0.1, 0.15) is 5.78 Å². The lowest BCUT2D eigenvalue weighted by molar-refractivity contribution is -0.140. The third-order valence-electron chi connectivity index (χ3n) is 4.66. The van der Waals surface area contributed by atoms with Crippen LogP contribution in [0, 0.1) is 11.8 Å². The first-order chi connectivity index (χ1) is 12.1. The fourth-order valence-corrected chi connectivity index (χ4v) is 3.07. The molecule has 0 aromatic heterocycles. The van der Waals surface area contributed by atoms with Gasteiger partial charge < -0.3 is 4.74 Å². The summed E-state index contributed by atoms with van der Waals surface area (Å²) in [6.07, 6.45) is 16.1.